The molecule has 3 aromatic rings. The van der Waals surface area contributed by atoms with Crippen LogP contribution < -0.4 is 11.1 Å². The Morgan fingerprint density at radius 2 is 1.78 bits per heavy atom. The SMILES string of the molecule is NC(=O)CCCC(=O)Nc1cc2cccnc2c2ncccc12. The largest absolute Gasteiger partial charge is 0.370 e. The van der Waals surface area contributed by atoms with E-state index < -0.39 is 5.91 Å². The highest BCUT2D eigenvalue weighted by Crippen LogP contribution is 2.29. The van der Waals surface area contributed by atoms with Crippen LogP contribution in [0, 0.1) is 0 Å². The molecule has 23 heavy (non-hydrogen) atoms. The van der Waals surface area contributed by atoms with Crippen LogP contribution in [-0.4, -0.2) is 21.8 Å². The molecule has 0 aliphatic carbocycles. The quantitative estimate of drug-likeness (QED) is 0.707. The minimum atomic E-state index is -0.399. The van der Waals surface area contributed by atoms with Crippen molar-refractivity contribution in [2.24, 2.45) is 5.73 Å². The van der Waals surface area contributed by atoms with Gasteiger partial charge in [0.05, 0.1) is 16.7 Å². The number of nitrogens with one attached hydrogen (secondary N) is 1. The smallest absolute Gasteiger partial charge is 0.224 e. The van der Waals surface area contributed by atoms with Crippen LogP contribution in [0.2, 0.25) is 0 Å². The summed E-state index contributed by atoms with van der Waals surface area (Å²) >= 11 is 0. The first kappa shape index (κ1) is 14.9. The number of hydrogen-bond acceptors (Lipinski definition) is 4. The van der Waals surface area contributed by atoms with Crippen molar-refractivity contribution in [3.8, 4) is 0 Å². The third kappa shape index (κ3) is 3.26. The first-order chi connectivity index (χ1) is 11.1. The molecule has 0 radical (unpaired) electrons. The van der Waals surface area contributed by atoms with Crippen LogP contribution in [0.3, 0.4) is 0 Å². The first-order valence-electron chi connectivity index (χ1n) is 7.36. The Bertz CT molecular complexity index is 892. The number of pyridine rings is 2. The molecular formula is C17H16N4O2. The van der Waals surface area contributed by atoms with Crippen molar-refractivity contribution in [2.75, 3.05) is 5.32 Å². The van der Waals surface area contributed by atoms with Gasteiger partial charge in [-0.05, 0) is 30.7 Å². The monoisotopic (exact) mass is 308 g/mol. The minimum Gasteiger partial charge on any atom is -0.370 e. The van der Waals surface area contributed by atoms with E-state index >= 15 is 0 Å². The maximum atomic E-state index is 12.1. The molecule has 3 rings (SSSR count). The van der Waals surface area contributed by atoms with E-state index in [1.165, 1.54) is 0 Å². The van der Waals surface area contributed by atoms with Crippen molar-refractivity contribution in [1.82, 2.24) is 9.97 Å². The Labute approximate surface area is 132 Å². The summed E-state index contributed by atoms with van der Waals surface area (Å²) in [5.74, 6) is -0.552. The molecule has 116 valence electrons. The van der Waals surface area contributed by atoms with Gasteiger partial charge in [-0.15, -0.1) is 0 Å². The van der Waals surface area contributed by atoms with Gasteiger partial charge in [-0.25, -0.2) is 0 Å². The number of hydrogen-bond donors (Lipinski definition) is 2. The van der Waals surface area contributed by atoms with Crippen molar-refractivity contribution in [3.63, 3.8) is 0 Å². The number of amides is 2. The van der Waals surface area contributed by atoms with Crippen molar-refractivity contribution in [2.45, 2.75) is 19.3 Å². The molecule has 6 nitrogen and oxygen atoms in total. The fourth-order valence-corrected chi connectivity index (χ4v) is 2.52. The number of nitrogens with zero attached hydrogens (tertiary/aromatic N) is 2. The summed E-state index contributed by atoms with van der Waals surface area (Å²) in [5, 5.41) is 4.64. The Kier molecular flexibility index (Phi) is 4.14. The molecule has 6 heteroatoms. The zero-order chi connectivity index (χ0) is 16.2. The summed E-state index contributed by atoms with van der Waals surface area (Å²) in [6, 6.07) is 9.38. The van der Waals surface area contributed by atoms with Gasteiger partial charge in [0.2, 0.25) is 11.8 Å². The zero-order valence-electron chi connectivity index (χ0n) is 12.5. The summed E-state index contributed by atoms with van der Waals surface area (Å²) in [6.07, 6.45) is 4.31. The fraction of sp³-hybridized carbons (Fsp3) is 0.176. The first-order valence-corrected chi connectivity index (χ1v) is 7.36. The van der Waals surface area contributed by atoms with Gasteiger partial charge in [-0.2, -0.15) is 0 Å². The lowest BCUT2D eigenvalue weighted by Gasteiger charge is -2.10. The van der Waals surface area contributed by atoms with E-state index in [0.717, 1.165) is 21.8 Å². The highest BCUT2D eigenvalue weighted by Gasteiger charge is 2.11. The molecule has 0 atom stereocenters. The molecule has 0 spiro atoms. The summed E-state index contributed by atoms with van der Waals surface area (Å²) in [4.78, 5) is 31.6. The predicted molar refractivity (Wildman–Crippen MR) is 88.7 cm³/mol. The van der Waals surface area contributed by atoms with E-state index in [1.54, 1.807) is 12.4 Å². The maximum absolute atomic E-state index is 12.1. The van der Waals surface area contributed by atoms with E-state index in [9.17, 15) is 9.59 Å². The van der Waals surface area contributed by atoms with Crippen LogP contribution in [0.1, 0.15) is 19.3 Å². The standard InChI is InChI=1S/C17H16N4O2/c18-14(22)6-1-7-15(23)21-13-10-11-4-2-8-19-16(11)17-12(13)5-3-9-20-17/h2-5,8-10H,1,6-7H2,(H2,18,22)(H,21,23). The van der Waals surface area contributed by atoms with Crippen LogP contribution in [0.15, 0.2) is 42.7 Å². The van der Waals surface area contributed by atoms with Gasteiger partial charge in [-0.3, -0.25) is 19.6 Å². The summed E-state index contributed by atoms with van der Waals surface area (Å²) in [7, 11) is 0. The lowest BCUT2D eigenvalue weighted by atomic mass is 10.1. The molecule has 0 saturated carbocycles. The molecule has 0 saturated heterocycles. The average Bonchev–Trinajstić information content (AvgIpc) is 2.55. The van der Waals surface area contributed by atoms with E-state index in [0.29, 0.717) is 12.1 Å². The number of fused-ring (bicyclic) bond motifs is 3. The van der Waals surface area contributed by atoms with Crippen molar-refractivity contribution in [1.29, 1.82) is 0 Å². The summed E-state index contributed by atoms with van der Waals surface area (Å²) in [6.45, 7) is 0. The lowest BCUT2D eigenvalue weighted by Crippen LogP contribution is -2.14. The van der Waals surface area contributed by atoms with Gasteiger partial charge in [0.25, 0.3) is 0 Å². The third-order valence-electron chi connectivity index (χ3n) is 3.56. The topological polar surface area (TPSA) is 98.0 Å². The van der Waals surface area contributed by atoms with Crippen molar-refractivity contribution in [3.05, 3.63) is 42.7 Å². The van der Waals surface area contributed by atoms with Gasteiger partial charge in [0.15, 0.2) is 0 Å². The van der Waals surface area contributed by atoms with Crippen LogP contribution in [0.25, 0.3) is 21.8 Å². The Morgan fingerprint density at radius 3 is 2.57 bits per heavy atom. The van der Waals surface area contributed by atoms with E-state index in [1.807, 2.05) is 30.3 Å². The summed E-state index contributed by atoms with van der Waals surface area (Å²) in [5.41, 5.74) is 7.32. The molecule has 0 bridgehead atoms. The molecule has 1 aromatic carbocycles. The number of benzene rings is 1. The summed E-state index contributed by atoms with van der Waals surface area (Å²) < 4.78 is 0. The zero-order valence-corrected chi connectivity index (χ0v) is 12.5. The molecule has 2 aromatic heterocycles. The number of rotatable bonds is 5. The van der Waals surface area contributed by atoms with E-state index in [-0.39, 0.29) is 18.7 Å². The predicted octanol–water partition coefficient (Wildman–Crippen LogP) is 2.38. The van der Waals surface area contributed by atoms with Crippen LogP contribution in [0.4, 0.5) is 5.69 Å². The number of anilines is 1. The number of aromatic nitrogens is 2. The minimum absolute atomic E-state index is 0.153. The van der Waals surface area contributed by atoms with Gasteiger partial charge < -0.3 is 11.1 Å². The van der Waals surface area contributed by atoms with E-state index in [4.69, 9.17) is 5.73 Å². The molecule has 0 aliphatic heterocycles. The average molecular weight is 308 g/mol. The highest BCUT2D eigenvalue weighted by molar-refractivity contribution is 6.11. The number of primary amides is 1. The van der Waals surface area contributed by atoms with Crippen molar-refractivity contribution >= 4 is 39.3 Å². The van der Waals surface area contributed by atoms with Gasteiger partial charge in [0, 0.05) is 36.0 Å². The lowest BCUT2D eigenvalue weighted by molar-refractivity contribution is -0.118. The van der Waals surface area contributed by atoms with E-state index in [2.05, 4.69) is 15.3 Å². The Balaban J connectivity index is 1.93. The second kappa shape index (κ2) is 6.39. The van der Waals surface area contributed by atoms with Gasteiger partial charge >= 0.3 is 0 Å². The van der Waals surface area contributed by atoms with Crippen LogP contribution >= 0.6 is 0 Å². The number of carbonyl (C=O) groups is 2. The molecule has 0 aliphatic rings. The molecule has 0 unspecified atom stereocenters. The van der Waals surface area contributed by atoms with Crippen molar-refractivity contribution < 1.29 is 9.59 Å². The molecule has 0 fully saturated rings. The number of nitrogens with two attached hydrogens (primary N) is 1. The second-order valence-corrected chi connectivity index (χ2v) is 5.27. The third-order valence-corrected chi connectivity index (χ3v) is 3.56. The number of carbonyl (C=O) groups excluding carboxylic acids is 2. The van der Waals surface area contributed by atoms with Crippen LogP contribution in [-0.2, 0) is 9.59 Å². The normalized spacial score (nSPS) is 10.8. The fourth-order valence-electron chi connectivity index (χ4n) is 2.52. The maximum Gasteiger partial charge on any atom is 0.224 e. The Hall–Kier alpha value is -3.02. The second-order valence-electron chi connectivity index (χ2n) is 5.27. The highest BCUT2D eigenvalue weighted by atomic mass is 16.2. The molecule has 2 heterocycles. The molecule has 3 N–H and O–H groups in total. The molecule has 2 amide bonds. The Morgan fingerprint density at radius 1 is 1.04 bits per heavy atom. The van der Waals surface area contributed by atoms with Crippen LogP contribution in [0.5, 0.6) is 0 Å². The molecular weight excluding hydrogens is 292 g/mol. The van der Waals surface area contributed by atoms with Gasteiger partial charge in [0.1, 0.15) is 0 Å². The van der Waals surface area contributed by atoms with Gasteiger partial charge in [-0.1, -0.05) is 6.07 Å².